The first-order valence-corrected chi connectivity index (χ1v) is 6.65. The van der Waals surface area contributed by atoms with Crippen molar-refractivity contribution in [1.82, 2.24) is 0 Å². The lowest BCUT2D eigenvalue weighted by molar-refractivity contribution is 0.103. The number of ether oxygens (including phenoxy) is 1. The van der Waals surface area contributed by atoms with Gasteiger partial charge in [-0.3, -0.25) is 4.79 Å². The number of methoxy groups -OCH3 is 1. The van der Waals surface area contributed by atoms with Crippen LogP contribution in [0.1, 0.15) is 21.5 Å². The Kier molecular flexibility index (Phi) is 4.01. The van der Waals surface area contributed by atoms with E-state index in [1.54, 1.807) is 7.11 Å². The van der Waals surface area contributed by atoms with Crippen LogP contribution in [0.15, 0.2) is 42.5 Å². The molecule has 0 unspecified atom stereocenters. The maximum atomic E-state index is 12.5. The summed E-state index contributed by atoms with van der Waals surface area (Å²) in [6.45, 7) is 1.96. The third-order valence-corrected chi connectivity index (χ3v) is 3.66. The molecule has 2 aromatic rings. The summed E-state index contributed by atoms with van der Waals surface area (Å²) in [6.07, 6.45) is 0. The Morgan fingerprint density at radius 1 is 1.11 bits per heavy atom. The van der Waals surface area contributed by atoms with Crippen LogP contribution in [0.2, 0.25) is 0 Å². The van der Waals surface area contributed by atoms with Crippen molar-refractivity contribution >= 4 is 28.4 Å². The number of halogens is 1. The summed E-state index contributed by atoms with van der Waals surface area (Å²) < 4.78 is 6.21. The van der Waals surface area contributed by atoms with E-state index in [9.17, 15) is 4.79 Å². The molecule has 0 amide bonds. The number of hydrogen-bond donors (Lipinski definition) is 0. The highest BCUT2D eigenvalue weighted by atomic mass is 127. The molecule has 2 nitrogen and oxygen atoms in total. The molecule has 0 heterocycles. The monoisotopic (exact) mass is 352 g/mol. The molecule has 3 heteroatoms. The Morgan fingerprint density at radius 3 is 2.50 bits per heavy atom. The average Bonchev–Trinajstić information content (AvgIpc) is 2.38. The molecule has 0 aliphatic carbocycles. The van der Waals surface area contributed by atoms with Crippen molar-refractivity contribution in [2.45, 2.75) is 6.92 Å². The van der Waals surface area contributed by atoms with Gasteiger partial charge in [-0.25, -0.2) is 0 Å². The number of aryl methyl sites for hydroxylation is 1. The standard InChI is InChI=1S/C15H13IO2/c1-10-7-8-14(18-2)12(9-10)15(17)11-5-3-4-6-13(11)16/h3-9H,1-2H3. The van der Waals surface area contributed by atoms with Crippen molar-refractivity contribution in [3.63, 3.8) is 0 Å². The Bertz CT molecular complexity index is 591. The zero-order chi connectivity index (χ0) is 13.1. The molecule has 0 fully saturated rings. The minimum absolute atomic E-state index is 0.000509. The van der Waals surface area contributed by atoms with Crippen LogP contribution in [0.25, 0.3) is 0 Å². The molecular weight excluding hydrogens is 339 g/mol. The van der Waals surface area contributed by atoms with Crippen molar-refractivity contribution in [3.05, 3.63) is 62.7 Å². The van der Waals surface area contributed by atoms with E-state index in [4.69, 9.17) is 4.74 Å². The fourth-order valence-corrected chi connectivity index (χ4v) is 2.42. The normalized spacial score (nSPS) is 10.2. The number of carbonyl (C=O) groups is 1. The van der Waals surface area contributed by atoms with E-state index < -0.39 is 0 Å². The molecule has 0 saturated carbocycles. The molecule has 0 N–H and O–H groups in total. The van der Waals surface area contributed by atoms with Gasteiger partial charge in [0.1, 0.15) is 5.75 Å². The Morgan fingerprint density at radius 2 is 1.83 bits per heavy atom. The molecule has 0 bridgehead atoms. The van der Waals surface area contributed by atoms with E-state index in [0.717, 1.165) is 9.13 Å². The zero-order valence-electron chi connectivity index (χ0n) is 10.2. The summed E-state index contributed by atoms with van der Waals surface area (Å²) in [4.78, 5) is 12.5. The number of benzene rings is 2. The first-order chi connectivity index (χ1) is 8.63. The van der Waals surface area contributed by atoms with E-state index in [2.05, 4.69) is 22.6 Å². The predicted octanol–water partition coefficient (Wildman–Crippen LogP) is 3.84. The van der Waals surface area contributed by atoms with E-state index >= 15 is 0 Å². The van der Waals surface area contributed by atoms with Gasteiger partial charge in [0.15, 0.2) is 5.78 Å². The summed E-state index contributed by atoms with van der Waals surface area (Å²) in [5.41, 5.74) is 2.37. The first-order valence-electron chi connectivity index (χ1n) is 5.57. The molecule has 0 aliphatic heterocycles. The van der Waals surface area contributed by atoms with Gasteiger partial charge < -0.3 is 4.74 Å². The van der Waals surface area contributed by atoms with Crippen LogP contribution in [0.4, 0.5) is 0 Å². The summed E-state index contributed by atoms with van der Waals surface area (Å²) in [7, 11) is 1.58. The second-order valence-corrected chi connectivity index (χ2v) is 5.17. The Labute approximate surface area is 120 Å². The molecule has 0 aliphatic rings. The zero-order valence-corrected chi connectivity index (χ0v) is 12.4. The van der Waals surface area contributed by atoms with E-state index in [-0.39, 0.29) is 5.78 Å². The Hall–Kier alpha value is -1.36. The summed E-state index contributed by atoms with van der Waals surface area (Å²) in [5, 5.41) is 0. The number of hydrogen-bond acceptors (Lipinski definition) is 2. The highest BCUT2D eigenvalue weighted by molar-refractivity contribution is 14.1. The molecule has 92 valence electrons. The third-order valence-electron chi connectivity index (χ3n) is 2.72. The van der Waals surface area contributed by atoms with Gasteiger partial charge in [0, 0.05) is 9.13 Å². The fraction of sp³-hybridized carbons (Fsp3) is 0.133. The molecule has 0 aromatic heterocycles. The van der Waals surface area contributed by atoms with Gasteiger partial charge >= 0.3 is 0 Å². The first kappa shape index (κ1) is 13.1. The molecule has 2 rings (SSSR count). The Balaban J connectivity index is 2.52. The van der Waals surface area contributed by atoms with Crippen molar-refractivity contribution < 1.29 is 9.53 Å². The molecule has 0 atom stereocenters. The summed E-state index contributed by atoms with van der Waals surface area (Å²) in [6, 6.07) is 13.2. The lowest BCUT2D eigenvalue weighted by Crippen LogP contribution is -2.06. The smallest absolute Gasteiger partial charge is 0.197 e. The van der Waals surface area contributed by atoms with Crippen molar-refractivity contribution in [3.8, 4) is 5.75 Å². The van der Waals surface area contributed by atoms with Gasteiger partial charge in [0.2, 0.25) is 0 Å². The number of rotatable bonds is 3. The van der Waals surface area contributed by atoms with Gasteiger partial charge in [-0.05, 0) is 53.8 Å². The minimum atomic E-state index is 0.000509. The molecule has 0 saturated heterocycles. The van der Waals surface area contributed by atoms with Crippen molar-refractivity contribution in [2.75, 3.05) is 7.11 Å². The highest BCUT2D eigenvalue weighted by Crippen LogP contribution is 2.24. The van der Waals surface area contributed by atoms with Gasteiger partial charge in [0.25, 0.3) is 0 Å². The fourth-order valence-electron chi connectivity index (χ4n) is 1.79. The van der Waals surface area contributed by atoms with Crippen LogP contribution in [0.3, 0.4) is 0 Å². The van der Waals surface area contributed by atoms with Crippen LogP contribution in [0.5, 0.6) is 5.75 Å². The van der Waals surface area contributed by atoms with Crippen LogP contribution in [-0.4, -0.2) is 12.9 Å². The lowest BCUT2D eigenvalue weighted by Gasteiger charge is -2.09. The predicted molar refractivity (Wildman–Crippen MR) is 80.3 cm³/mol. The van der Waals surface area contributed by atoms with Gasteiger partial charge in [0.05, 0.1) is 12.7 Å². The summed E-state index contributed by atoms with van der Waals surface area (Å²) >= 11 is 2.17. The molecular formula is C15H13IO2. The number of ketones is 1. The third kappa shape index (κ3) is 2.56. The second kappa shape index (κ2) is 5.52. The summed E-state index contributed by atoms with van der Waals surface area (Å²) in [5.74, 6) is 0.616. The van der Waals surface area contributed by atoms with Crippen LogP contribution < -0.4 is 4.74 Å². The van der Waals surface area contributed by atoms with Gasteiger partial charge in [-0.2, -0.15) is 0 Å². The molecule has 0 radical (unpaired) electrons. The van der Waals surface area contributed by atoms with Crippen LogP contribution in [-0.2, 0) is 0 Å². The number of carbonyl (C=O) groups excluding carboxylic acids is 1. The van der Waals surface area contributed by atoms with Crippen LogP contribution >= 0.6 is 22.6 Å². The van der Waals surface area contributed by atoms with Gasteiger partial charge in [-0.15, -0.1) is 0 Å². The SMILES string of the molecule is COc1ccc(C)cc1C(=O)c1ccccc1I. The lowest BCUT2D eigenvalue weighted by atomic mass is 10.0. The molecule has 2 aromatic carbocycles. The maximum Gasteiger partial charge on any atom is 0.197 e. The minimum Gasteiger partial charge on any atom is -0.496 e. The van der Waals surface area contributed by atoms with Gasteiger partial charge in [-0.1, -0.05) is 23.8 Å². The highest BCUT2D eigenvalue weighted by Gasteiger charge is 2.16. The average molecular weight is 352 g/mol. The topological polar surface area (TPSA) is 26.3 Å². The van der Waals surface area contributed by atoms with E-state index in [1.165, 1.54) is 0 Å². The van der Waals surface area contributed by atoms with Crippen LogP contribution in [0, 0.1) is 10.5 Å². The maximum absolute atomic E-state index is 12.5. The quantitative estimate of drug-likeness (QED) is 0.620. The molecule has 0 spiro atoms. The van der Waals surface area contributed by atoms with E-state index in [0.29, 0.717) is 16.9 Å². The largest absolute Gasteiger partial charge is 0.496 e. The van der Waals surface area contributed by atoms with Crippen molar-refractivity contribution in [1.29, 1.82) is 0 Å². The molecule has 18 heavy (non-hydrogen) atoms. The van der Waals surface area contributed by atoms with Crippen molar-refractivity contribution in [2.24, 2.45) is 0 Å². The van der Waals surface area contributed by atoms with E-state index in [1.807, 2.05) is 49.4 Å². The second-order valence-electron chi connectivity index (χ2n) is 4.01.